The Labute approximate surface area is 166 Å². The van der Waals surface area contributed by atoms with Crippen molar-refractivity contribution in [3.05, 3.63) is 65.2 Å². The maximum absolute atomic E-state index is 6.20. The molecule has 1 unspecified atom stereocenters. The Hall–Kier alpha value is -1.65. The second-order valence-electron chi connectivity index (χ2n) is 7.12. The number of halogens is 2. The van der Waals surface area contributed by atoms with Gasteiger partial charge in [-0.2, -0.15) is 0 Å². The van der Waals surface area contributed by atoms with Crippen LogP contribution in [0.15, 0.2) is 54.6 Å². The van der Waals surface area contributed by atoms with Crippen LogP contribution in [0.2, 0.25) is 5.02 Å². The fraction of sp³-hybridized carbons (Fsp3) is 0.286. The molecule has 3 aromatic rings. The van der Waals surface area contributed by atoms with Crippen molar-refractivity contribution in [2.24, 2.45) is 5.73 Å². The number of pyridine rings is 1. The highest BCUT2D eigenvalue weighted by Gasteiger charge is 2.20. The first-order valence-electron chi connectivity index (χ1n) is 8.51. The van der Waals surface area contributed by atoms with Gasteiger partial charge < -0.3 is 11.1 Å². The number of fused-ring (bicyclic) bond motifs is 1. The van der Waals surface area contributed by atoms with Crippen molar-refractivity contribution >= 4 is 34.9 Å². The fourth-order valence-electron chi connectivity index (χ4n) is 2.70. The lowest BCUT2D eigenvalue weighted by Crippen LogP contribution is -2.50. The molecule has 5 heteroatoms. The van der Waals surface area contributed by atoms with E-state index in [0.717, 1.165) is 28.7 Å². The molecule has 0 aliphatic heterocycles. The minimum Gasteiger partial charge on any atom is -0.324 e. The number of benzene rings is 2. The summed E-state index contributed by atoms with van der Waals surface area (Å²) in [4.78, 5) is 4.81. The monoisotopic (exact) mass is 389 g/mol. The molecule has 3 nitrogen and oxygen atoms in total. The number of nitrogens with two attached hydrogens (primary N) is 1. The van der Waals surface area contributed by atoms with Gasteiger partial charge in [0, 0.05) is 34.1 Å². The van der Waals surface area contributed by atoms with Gasteiger partial charge in [0.05, 0.1) is 11.2 Å². The van der Waals surface area contributed by atoms with E-state index in [4.69, 9.17) is 22.3 Å². The largest absolute Gasteiger partial charge is 0.324 e. The summed E-state index contributed by atoms with van der Waals surface area (Å²) in [5.74, 6) is 0. The molecule has 0 saturated carbocycles. The van der Waals surface area contributed by atoms with Gasteiger partial charge in [0.15, 0.2) is 0 Å². The summed E-state index contributed by atoms with van der Waals surface area (Å²) in [6.45, 7) is 6.90. The Balaban J connectivity index is 0.00000243. The van der Waals surface area contributed by atoms with Crippen LogP contribution in [0.5, 0.6) is 0 Å². The molecule has 3 N–H and O–H groups in total. The summed E-state index contributed by atoms with van der Waals surface area (Å²) in [5.41, 5.74) is 10.1. The summed E-state index contributed by atoms with van der Waals surface area (Å²) in [5, 5.41) is 5.34. The highest BCUT2D eigenvalue weighted by atomic mass is 35.5. The SMILES string of the molecule is CC(NCc1cc(-c2ccccc2)nc2cc(Cl)ccc12)C(C)(C)N.Cl. The van der Waals surface area contributed by atoms with Crippen LogP contribution in [0.25, 0.3) is 22.2 Å². The van der Waals surface area contributed by atoms with E-state index in [1.54, 1.807) is 0 Å². The third-order valence-corrected chi connectivity index (χ3v) is 4.88. The summed E-state index contributed by atoms with van der Waals surface area (Å²) in [6, 6.07) is 18.4. The van der Waals surface area contributed by atoms with Crippen molar-refractivity contribution in [3.8, 4) is 11.3 Å². The molecule has 26 heavy (non-hydrogen) atoms. The lowest BCUT2D eigenvalue weighted by atomic mass is 9.97. The molecule has 0 saturated heterocycles. The summed E-state index contributed by atoms with van der Waals surface area (Å²) < 4.78 is 0. The van der Waals surface area contributed by atoms with Gasteiger partial charge in [0.1, 0.15) is 0 Å². The lowest BCUT2D eigenvalue weighted by Gasteiger charge is -2.28. The van der Waals surface area contributed by atoms with Crippen LogP contribution in [0.3, 0.4) is 0 Å². The molecule has 3 rings (SSSR count). The van der Waals surface area contributed by atoms with Gasteiger partial charge in [0.25, 0.3) is 0 Å². The molecule has 2 aromatic carbocycles. The van der Waals surface area contributed by atoms with Crippen LogP contribution >= 0.6 is 24.0 Å². The fourth-order valence-corrected chi connectivity index (χ4v) is 2.87. The van der Waals surface area contributed by atoms with Crippen molar-refractivity contribution < 1.29 is 0 Å². The van der Waals surface area contributed by atoms with E-state index in [-0.39, 0.29) is 24.0 Å². The average Bonchev–Trinajstić information content (AvgIpc) is 2.58. The number of nitrogens with one attached hydrogen (secondary N) is 1. The standard InChI is InChI=1S/C21H24ClN3.ClH/c1-14(21(2,3)23)24-13-16-11-19(15-7-5-4-6-8-15)25-20-12-17(22)9-10-18(16)20;/h4-12,14,24H,13,23H2,1-3H3;1H. The molecule has 1 heterocycles. The van der Waals surface area contributed by atoms with Crippen molar-refractivity contribution in [3.63, 3.8) is 0 Å². The van der Waals surface area contributed by atoms with E-state index < -0.39 is 0 Å². The van der Waals surface area contributed by atoms with E-state index in [9.17, 15) is 0 Å². The topological polar surface area (TPSA) is 50.9 Å². The lowest BCUT2D eigenvalue weighted by molar-refractivity contribution is 0.362. The van der Waals surface area contributed by atoms with E-state index in [2.05, 4.69) is 30.4 Å². The van der Waals surface area contributed by atoms with Crippen LogP contribution in [0, 0.1) is 0 Å². The van der Waals surface area contributed by atoms with Gasteiger partial charge in [-0.3, -0.25) is 0 Å². The van der Waals surface area contributed by atoms with Crippen molar-refractivity contribution in [1.82, 2.24) is 10.3 Å². The zero-order chi connectivity index (χ0) is 18.0. The van der Waals surface area contributed by atoms with Crippen LogP contribution in [-0.4, -0.2) is 16.6 Å². The molecule has 0 aliphatic carbocycles. The van der Waals surface area contributed by atoms with E-state index in [0.29, 0.717) is 5.02 Å². The van der Waals surface area contributed by atoms with Crippen molar-refractivity contribution in [2.45, 2.75) is 38.9 Å². The first-order chi connectivity index (χ1) is 11.8. The molecule has 0 radical (unpaired) electrons. The highest BCUT2D eigenvalue weighted by Crippen LogP contribution is 2.27. The molecule has 0 spiro atoms. The van der Waals surface area contributed by atoms with Gasteiger partial charge >= 0.3 is 0 Å². The van der Waals surface area contributed by atoms with Gasteiger partial charge in [-0.15, -0.1) is 12.4 Å². The van der Waals surface area contributed by atoms with Gasteiger partial charge in [-0.25, -0.2) is 4.98 Å². The van der Waals surface area contributed by atoms with Crippen molar-refractivity contribution in [1.29, 1.82) is 0 Å². The van der Waals surface area contributed by atoms with Gasteiger partial charge in [-0.05, 0) is 44.5 Å². The second-order valence-corrected chi connectivity index (χ2v) is 7.55. The Kier molecular flexibility index (Phi) is 6.64. The Morgan fingerprint density at radius 1 is 1.12 bits per heavy atom. The number of hydrogen-bond donors (Lipinski definition) is 2. The minimum atomic E-state index is -0.283. The zero-order valence-corrected chi connectivity index (χ0v) is 16.9. The molecule has 0 amide bonds. The molecular weight excluding hydrogens is 365 g/mol. The Bertz CT molecular complexity index is 874. The molecule has 1 atom stereocenters. The quantitative estimate of drug-likeness (QED) is 0.630. The average molecular weight is 390 g/mol. The Morgan fingerprint density at radius 3 is 2.46 bits per heavy atom. The predicted molar refractivity (Wildman–Crippen MR) is 114 cm³/mol. The number of nitrogens with zero attached hydrogens (tertiary/aromatic N) is 1. The van der Waals surface area contributed by atoms with E-state index in [1.165, 1.54) is 5.56 Å². The normalized spacial score (nSPS) is 12.7. The van der Waals surface area contributed by atoms with Gasteiger partial charge in [0.2, 0.25) is 0 Å². The summed E-state index contributed by atoms with van der Waals surface area (Å²) in [6.07, 6.45) is 0. The van der Waals surface area contributed by atoms with Crippen LogP contribution in [0.4, 0.5) is 0 Å². The third-order valence-electron chi connectivity index (χ3n) is 4.64. The smallest absolute Gasteiger partial charge is 0.0727 e. The van der Waals surface area contributed by atoms with Crippen LogP contribution < -0.4 is 11.1 Å². The summed E-state index contributed by atoms with van der Waals surface area (Å²) >= 11 is 6.18. The Morgan fingerprint density at radius 2 is 1.81 bits per heavy atom. The van der Waals surface area contributed by atoms with Crippen molar-refractivity contribution in [2.75, 3.05) is 0 Å². The highest BCUT2D eigenvalue weighted by molar-refractivity contribution is 6.31. The minimum absolute atomic E-state index is 0. The van der Waals surface area contributed by atoms with Crippen LogP contribution in [-0.2, 0) is 6.54 Å². The van der Waals surface area contributed by atoms with Gasteiger partial charge in [-0.1, -0.05) is 48.0 Å². The number of aromatic nitrogens is 1. The number of hydrogen-bond acceptors (Lipinski definition) is 3. The van der Waals surface area contributed by atoms with E-state index in [1.807, 2.05) is 50.2 Å². The van der Waals surface area contributed by atoms with Crippen LogP contribution in [0.1, 0.15) is 26.3 Å². The predicted octanol–water partition coefficient (Wildman–Crippen LogP) is 5.19. The number of rotatable bonds is 5. The molecule has 0 aliphatic rings. The first kappa shape index (κ1) is 20.7. The zero-order valence-electron chi connectivity index (χ0n) is 15.3. The first-order valence-corrected chi connectivity index (χ1v) is 8.89. The molecule has 0 fully saturated rings. The maximum atomic E-state index is 6.20. The molecule has 1 aromatic heterocycles. The third kappa shape index (κ3) is 4.74. The van der Waals surface area contributed by atoms with E-state index >= 15 is 0 Å². The molecule has 0 bridgehead atoms. The maximum Gasteiger partial charge on any atom is 0.0727 e. The second kappa shape index (κ2) is 8.36. The summed E-state index contributed by atoms with van der Waals surface area (Å²) in [7, 11) is 0. The molecule has 138 valence electrons. The molecular formula is C21H25Cl2N3.